The lowest BCUT2D eigenvalue weighted by molar-refractivity contribution is -0.136. The Bertz CT molecular complexity index is 748. The first-order valence-corrected chi connectivity index (χ1v) is 11.0. The van der Waals surface area contributed by atoms with Crippen LogP contribution in [0.5, 0.6) is 5.75 Å². The van der Waals surface area contributed by atoms with Gasteiger partial charge in [0.25, 0.3) is 5.91 Å². The number of methoxy groups -OCH3 is 1. The van der Waals surface area contributed by atoms with E-state index < -0.39 is 0 Å². The van der Waals surface area contributed by atoms with Crippen LogP contribution in [-0.4, -0.2) is 85.2 Å². The SMILES string of the molecule is COc1cnccc1C(=O)NC[C@@H]1CC[C@H](CC(=O)N2CCOCC2)N1CC1CC1. The number of hydrogen-bond acceptors (Lipinski definition) is 6. The van der Waals surface area contributed by atoms with Crippen molar-refractivity contribution < 1.29 is 19.1 Å². The summed E-state index contributed by atoms with van der Waals surface area (Å²) in [7, 11) is 1.54. The average Bonchev–Trinajstić information content (AvgIpc) is 3.54. The van der Waals surface area contributed by atoms with Crippen LogP contribution in [0.4, 0.5) is 0 Å². The smallest absolute Gasteiger partial charge is 0.255 e. The van der Waals surface area contributed by atoms with Crippen molar-refractivity contribution in [1.82, 2.24) is 20.1 Å². The van der Waals surface area contributed by atoms with Gasteiger partial charge < -0.3 is 19.7 Å². The lowest BCUT2D eigenvalue weighted by Crippen LogP contribution is -2.47. The van der Waals surface area contributed by atoms with E-state index in [1.807, 2.05) is 4.90 Å². The van der Waals surface area contributed by atoms with Gasteiger partial charge in [0.2, 0.25) is 5.91 Å². The van der Waals surface area contributed by atoms with Gasteiger partial charge in [0.1, 0.15) is 5.75 Å². The van der Waals surface area contributed by atoms with Crippen molar-refractivity contribution in [2.75, 3.05) is 46.5 Å². The first kappa shape index (κ1) is 21.1. The van der Waals surface area contributed by atoms with E-state index in [0.717, 1.165) is 25.3 Å². The van der Waals surface area contributed by atoms with Gasteiger partial charge in [-0.1, -0.05) is 0 Å². The fourth-order valence-corrected chi connectivity index (χ4v) is 4.53. The summed E-state index contributed by atoms with van der Waals surface area (Å²) in [6, 6.07) is 2.21. The predicted octanol–water partition coefficient (Wildman–Crippen LogP) is 1.31. The second kappa shape index (κ2) is 9.75. The molecule has 1 N–H and O–H groups in total. The topological polar surface area (TPSA) is 84.0 Å². The molecule has 1 aliphatic carbocycles. The van der Waals surface area contributed by atoms with Crippen LogP contribution in [0, 0.1) is 5.92 Å². The molecular formula is C22H32N4O4. The lowest BCUT2D eigenvalue weighted by Gasteiger charge is -2.33. The van der Waals surface area contributed by atoms with E-state index in [9.17, 15) is 9.59 Å². The zero-order valence-corrected chi connectivity index (χ0v) is 17.7. The van der Waals surface area contributed by atoms with Gasteiger partial charge in [0.05, 0.1) is 32.1 Å². The summed E-state index contributed by atoms with van der Waals surface area (Å²) in [4.78, 5) is 33.9. The molecule has 0 radical (unpaired) electrons. The number of aromatic nitrogens is 1. The van der Waals surface area contributed by atoms with Gasteiger partial charge >= 0.3 is 0 Å². The van der Waals surface area contributed by atoms with E-state index >= 15 is 0 Å². The number of carbonyl (C=O) groups is 2. The molecule has 2 saturated heterocycles. The van der Waals surface area contributed by atoms with Crippen molar-refractivity contribution in [3.8, 4) is 5.75 Å². The zero-order valence-electron chi connectivity index (χ0n) is 17.7. The Hall–Kier alpha value is -2.19. The van der Waals surface area contributed by atoms with Crippen molar-refractivity contribution >= 4 is 11.8 Å². The molecule has 8 nitrogen and oxygen atoms in total. The van der Waals surface area contributed by atoms with Gasteiger partial charge in [0, 0.05) is 50.9 Å². The number of pyridine rings is 1. The molecule has 0 aromatic carbocycles. The number of amides is 2. The minimum absolute atomic E-state index is 0.145. The molecule has 0 bridgehead atoms. The second-order valence-corrected chi connectivity index (χ2v) is 8.51. The molecule has 2 aliphatic heterocycles. The van der Waals surface area contributed by atoms with Crippen molar-refractivity contribution in [1.29, 1.82) is 0 Å². The summed E-state index contributed by atoms with van der Waals surface area (Å²) < 4.78 is 10.6. The van der Waals surface area contributed by atoms with E-state index in [-0.39, 0.29) is 23.9 Å². The number of likely N-dealkylation sites (tertiary alicyclic amines) is 1. The highest BCUT2D eigenvalue weighted by Crippen LogP contribution is 2.35. The van der Waals surface area contributed by atoms with Crippen LogP contribution in [-0.2, 0) is 9.53 Å². The number of ether oxygens (including phenoxy) is 2. The Balaban J connectivity index is 1.35. The van der Waals surface area contributed by atoms with Gasteiger partial charge in [0.15, 0.2) is 0 Å². The number of hydrogen-bond donors (Lipinski definition) is 1. The molecule has 3 fully saturated rings. The molecule has 1 aromatic heterocycles. The standard InChI is InChI=1S/C22H32N4O4/c1-29-20-14-23-7-6-19(20)22(28)24-13-18-5-4-17(26(18)15-16-2-3-16)12-21(27)25-8-10-30-11-9-25/h6-7,14,16-18H,2-5,8-13,15H2,1H3,(H,24,28)/t17-,18+/m1/s1. The molecule has 1 aromatic rings. The normalized spacial score (nSPS) is 24.6. The Morgan fingerprint density at radius 1 is 1.20 bits per heavy atom. The maximum absolute atomic E-state index is 12.8. The summed E-state index contributed by atoms with van der Waals surface area (Å²) in [5.41, 5.74) is 0.498. The first-order chi connectivity index (χ1) is 14.7. The van der Waals surface area contributed by atoms with Crippen molar-refractivity contribution in [3.05, 3.63) is 24.0 Å². The number of rotatable bonds is 8. The molecule has 2 amide bonds. The fraction of sp³-hybridized carbons (Fsp3) is 0.682. The van der Waals surface area contributed by atoms with Crippen LogP contribution in [0.3, 0.4) is 0 Å². The molecular weight excluding hydrogens is 384 g/mol. The maximum Gasteiger partial charge on any atom is 0.255 e. The van der Waals surface area contributed by atoms with E-state index in [4.69, 9.17) is 9.47 Å². The Labute approximate surface area is 177 Å². The summed E-state index contributed by atoms with van der Waals surface area (Å²) in [5, 5.41) is 3.08. The highest BCUT2D eigenvalue weighted by molar-refractivity contribution is 5.96. The van der Waals surface area contributed by atoms with Crippen LogP contribution in [0.2, 0.25) is 0 Å². The molecule has 3 aliphatic rings. The largest absolute Gasteiger partial charge is 0.494 e. The third-order valence-corrected chi connectivity index (χ3v) is 6.46. The van der Waals surface area contributed by atoms with Gasteiger partial charge in [-0.25, -0.2) is 0 Å². The number of morpholine rings is 1. The molecule has 30 heavy (non-hydrogen) atoms. The molecule has 0 unspecified atom stereocenters. The maximum atomic E-state index is 12.8. The van der Waals surface area contributed by atoms with E-state index in [1.165, 1.54) is 20.0 Å². The van der Waals surface area contributed by atoms with Crippen LogP contribution >= 0.6 is 0 Å². The third-order valence-electron chi connectivity index (χ3n) is 6.46. The van der Waals surface area contributed by atoms with Gasteiger partial charge in [-0.2, -0.15) is 0 Å². The Morgan fingerprint density at radius 3 is 2.70 bits per heavy atom. The molecule has 2 atom stereocenters. The quantitative estimate of drug-likeness (QED) is 0.688. The first-order valence-electron chi connectivity index (χ1n) is 11.0. The van der Waals surface area contributed by atoms with Crippen LogP contribution in [0.15, 0.2) is 18.5 Å². The lowest BCUT2D eigenvalue weighted by atomic mass is 10.1. The number of carbonyl (C=O) groups excluding carboxylic acids is 2. The second-order valence-electron chi connectivity index (χ2n) is 8.51. The Morgan fingerprint density at radius 2 is 1.97 bits per heavy atom. The van der Waals surface area contributed by atoms with Gasteiger partial charge in [-0.15, -0.1) is 0 Å². The summed E-state index contributed by atoms with van der Waals surface area (Å²) >= 11 is 0. The van der Waals surface area contributed by atoms with Crippen molar-refractivity contribution in [2.24, 2.45) is 5.92 Å². The van der Waals surface area contributed by atoms with Crippen LogP contribution < -0.4 is 10.1 Å². The fourth-order valence-electron chi connectivity index (χ4n) is 4.53. The summed E-state index contributed by atoms with van der Waals surface area (Å²) in [6.07, 6.45) is 8.26. The van der Waals surface area contributed by atoms with Gasteiger partial charge in [-0.3, -0.25) is 19.5 Å². The summed E-state index contributed by atoms with van der Waals surface area (Å²) in [6.45, 7) is 4.27. The molecule has 1 saturated carbocycles. The molecule has 164 valence electrons. The zero-order chi connectivity index (χ0) is 20.9. The highest BCUT2D eigenvalue weighted by Gasteiger charge is 2.38. The van der Waals surface area contributed by atoms with Crippen molar-refractivity contribution in [3.63, 3.8) is 0 Å². The minimum atomic E-state index is -0.145. The van der Waals surface area contributed by atoms with Crippen LogP contribution in [0.25, 0.3) is 0 Å². The van der Waals surface area contributed by atoms with E-state index in [0.29, 0.717) is 50.6 Å². The molecule has 3 heterocycles. The van der Waals surface area contributed by atoms with E-state index in [1.54, 1.807) is 18.5 Å². The molecule has 8 heteroatoms. The average molecular weight is 417 g/mol. The van der Waals surface area contributed by atoms with Crippen LogP contribution in [0.1, 0.15) is 42.5 Å². The predicted molar refractivity (Wildman–Crippen MR) is 111 cm³/mol. The molecule has 4 rings (SSSR count). The minimum Gasteiger partial charge on any atom is -0.494 e. The van der Waals surface area contributed by atoms with Gasteiger partial charge in [-0.05, 0) is 37.7 Å². The Kier molecular flexibility index (Phi) is 6.84. The highest BCUT2D eigenvalue weighted by atomic mass is 16.5. The van der Waals surface area contributed by atoms with Crippen molar-refractivity contribution in [2.45, 2.75) is 44.2 Å². The number of nitrogens with zero attached hydrogens (tertiary/aromatic N) is 3. The van der Waals surface area contributed by atoms with E-state index in [2.05, 4.69) is 15.2 Å². The summed E-state index contributed by atoms with van der Waals surface area (Å²) in [5.74, 6) is 1.30. The third kappa shape index (κ3) is 5.10. The molecule has 0 spiro atoms. The number of nitrogens with one attached hydrogen (secondary N) is 1. The monoisotopic (exact) mass is 416 g/mol.